The van der Waals surface area contributed by atoms with Gasteiger partial charge >= 0.3 is 0 Å². The van der Waals surface area contributed by atoms with Gasteiger partial charge in [-0.05, 0) is 26.8 Å². The third-order valence-electron chi connectivity index (χ3n) is 2.23. The van der Waals surface area contributed by atoms with Crippen LogP contribution in [0.3, 0.4) is 0 Å². The minimum absolute atomic E-state index is 0.0242. The fraction of sp³-hybridized carbons (Fsp3) is 0.500. The summed E-state index contributed by atoms with van der Waals surface area (Å²) in [5, 5.41) is 13.7. The maximum Gasteiger partial charge on any atom is 0.290 e. The third-order valence-corrected chi connectivity index (χ3v) is 2.23. The number of rotatable bonds is 4. The highest BCUT2D eigenvalue weighted by Gasteiger charge is 2.17. The molecule has 0 bridgehead atoms. The van der Waals surface area contributed by atoms with Crippen LogP contribution in [0, 0.1) is 17.0 Å². The molecule has 16 heavy (non-hydrogen) atoms. The van der Waals surface area contributed by atoms with Crippen LogP contribution in [0.1, 0.15) is 19.5 Å². The first-order valence-corrected chi connectivity index (χ1v) is 4.96. The maximum absolute atomic E-state index is 10.6. The predicted octanol–water partition coefficient (Wildman–Crippen LogP) is 1.45. The molecule has 0 saturated heterocycles. The van der Waals surface area contributed by atoms with Crippen molar-refractivity contribution in [3.8, 4) is 0 Å². The number of nitrogens with zero attached hydrogens (tertiary/aromatic N) is 2. The fourth-order valence-electron chi connectivity index (χ4n) is 1.21. The summed E-state index contributed by atoms with van der Waals surface area (Å²) >= 11 is 0. The van der Waals surface area contributed by atoms with Crippen LogP contribution in [0.4, 0.5) is 11.5 Å². The lowest BCUT2D eigenvalue weighted by molar-refractivity contribution is -0.385. The van der Waals surface area contributed by atoms with E-state index >= 15 is 0 Å². The fourth-order valence-corrected chi connectivity index (χ4v) is 1.21. The Kier molecular flexibility index (Phi) is 3.44. The van der Waals surface area contributed by atoms with Gasteiger partial charge in [-0.3, -0.25) is 10.1 Å². The molecule has 0 aliphatic heterocycles. The molecule has 0 amide bonds. The van der Waals surface area contributed by atoms with Gasteiger partial charge in [0.2, 0.25) is 0 Å². The zero-order valence-corrected chi connectivity index (χ0v) is 9.65. The van der Waals surface area contributed by atoms with E-state index in [9.17, 15) is 10.1 Å². The lowest BCUT2D eigenvalue weighted by Crippen LogP contribution is -2.39. The van der Waals surface area contributed by atoms with Gasteiger partial charge in [-0.1, -0.05) is 0 Å². The van der Waals surface area contributed by atoms with E-state index in [1.54, 1.807) is 13.0 Å². The Labute approximate surface area is 94.0 Å². The molecule has 0 saturated carbocycles. The number of anilines is 1. The van der Waals surface area contributed by atoms with Crippen molar-refractivity contribution in [2.24, 2.45) is 5.73 Å². The normalized spacial score (nSPS) is 11.2. The highest BCUT2D eigenvalue weighted by Crippen LogP contribution is 2.19. The number of nitrogens with one attached hydrogen (secondary N) is 1. The van der Waals surface area contributed by atoms with Crippen LogP contribution in [-0.4, -0.2) is 22.0 Å². The lowest BCUT2D eigenvalue weighted by atomic mass is 10.1. The molecule has 1 heterocycles. The van der Waals surface area contributed by atoms with Crippen molar-refractivity contribution in [3.63, 3.8) is 0 Å². The zero-order chi connectivity index (χ0) is 12.3. The molecule has 1 aromatic rings. The number of pyridine rings is 1. The SMILES string of the molecule is Cc1nc(NC(C)(C)CN)ccc1[N+](=O)[O-]. The summed E-state index contributed by atoms with van der Waals surface area (Å²) in [6, 6.07) is 3.03. The van der Waals surface area contributed by atoms with Crippen LogP contribution >= 0.6 is 0 Å². The van der Waals surface area contributed by atoms with Crippen LogP contribution < -0.4 is 11.1 Å². The molecule has 1 aromatic heterocycles. The van der Waals surface area contributed by atoms with Gasteiger partial charge < -0.3 is 11.1 Å². The Bertz CT molecular complexity index is 404. The Balaban J connectivity index is 2.94. The number of nitrogens with two attached hydrogens (primary N) is 1. The predicted molar refractivity (Wildman–Crippen MR) is 62.4 cm³/mol. The second-order valence-electron chi connectivity index (χ2n) is 4.27. The highest BCUT2D eigenvalue weighted by molar-refractivity contribution is 5.46. The Morgan fingerprint density at radius 2 is 2.19 bits per heavy atom. The molecule has 0 aromatic carbocycles. The van der Waals surface area contributed by atoms with Crippen molar-refractivity contribution in [3.05, 3.63) is 27.9 Å². The van der Waals surface area contributed by atoms with Gasteiger partial charge in [-0.25, -0.2) is 4.98 Å². The van der Waals surface area contributed by atoms with Gasteiger partial charge in [-0.2, -0.15) is 0 Å². The molecule has 0 unspecified atom stereocenters. The molecular formula is C10H16N4O2. The number of nitro groups is 1. The summed E-state index contributed by atoms with van der Waals surface area (Å²) in [5.74, 6) is 0.596. The van der Waals surface area contributed by atoms with Crippen molar-refractivity contribution < 1.29 is 4.92 Å². The van der Waals surface area contributed by atoms with Crippen LogP contribution in [0.2, 0.25) is 0 Å². The smallest absolute Gasteiger partial charge is 0.290 e. The molecule has 0 radical (unpaired) electrons. The molecule has 0 spiro atoms. The Morgan fingerprint density at radius 1 is 1.56 bits per heavy atom. The second kappa shape index (κ2) is 4.44. The molecular weight excluding hydrogens is 208 g/mol. The first-order chi connectivity index (χ1) is 7.35. The van der Waals surface area contributed by atoms with Crippen molar-refractivity contribution in [2.45, 2.75) is 26.3 Å². The first kappa shape index (κ1) is 12.4. The van der Waals surface area contributed by atoms with E-state index in [1.807, 2.05) is 13.8 Å². The average Bonchev–Trinajstić information content (AvgIpc) is 2.16. The number of hydrogen-bond acceptors (Lipinski definition) is 5. The summed E-state index contributed by atoms with van der Waals surface area (Å²) in [5.41, 5.74) is 5.71. The summed E-state index contributed by atoms with van der Waals surface area (Å²) in [6.45, 7) is 5.93. The monoisotopic (exact) mass is 224 g/mol. The molecule has 88 valence electrons. The third kappa shape index (κ3) is 2.90. The van der Waals surface area contributed by atoms with Crippen LogP contribution in [0.5, 0.6) is 0 Å². The Hall–Kier alpha value is -1.69. The molecule has 6 heteroatoms. The quantitative estimate of drug-likeness (QED) is 0.596. The first-order valence-electron chi connectivity index (χ1n) is 4.96. The number of hydrogen-bond donors (Lipinski definition) is 2. The lowest BCUT2D eigenvalue weighted by Gasteiger charge is -2.24. The molecule has 3 N–H and O–H groups in total. The minimum Gasteiger partial charge on any atom is -0.364 e. The van der Waals surface area contributed by atoms with Gasteiger partial charge in [0.25, 0.3) is 5.69 Å². The standard InChI is InChI=1S/C10H16N4O2/c1-7-8(14(15)16)4-5-9(12-7)13-10(2,3)6-11/h4-5H,6,11H2,1-3H3,(H,12,13). The van der Waals surface area contributed by atoms with Crippen molar-refractivity contribution in [2.75, 3.05) is 11.9 Å². The number of aromatic nitrogens is 1. The van der Waals surface area contributed by atoms with Crippen LogP contribution in [-0.2, 0) is 0 Å². The van der Waals surface area contributed by atoms with E-state index < -0.39 is 4.92 Å². The van der Waals surface area contributed by atoms with E-state index in [4.69, 9.17) is 5.73 Å². The van der Waals surface area contributed by atoms with E-state index in [2.05, 4.69) is 10.3 Å². The molecule has 0 aliphatic rings. The van der Waals surface area contributed by atoms with Gasteiger partial charge in [-0.15, -0.1) is 0 Å². The van der Waals surface area contributed by atoms with Gasteiger partial charge in [0, 0.05) is 18.2 Å². The highest BCUT2D eigenvalue weighted by atomic mass is 16.6. The van der Waals surface area contributed by atoms with E-state index in [1.165, 1.54) is 6.07 Å². The van der Waals surface area contributed by atoms with Crippen molar-refractivity contribution in [1.29, 1.82) is 0 Å². The van der Waals surface area contributed by atoms with E-state index in [-0.39, 0.29) is 11.2 Å². The van der Waals surface area contributed by atoms with Crippen molar-refractivity contribution in [1.82, 2.24) is 4.98 Å². The maximum atomic E-state index is 10.6. The topological polar surface area (TPSA) is 94.1 Å². The van der Waals surface area contributed by atoms with E-state index in [0.29, 0.717) is 18.1 Å². The molecule has 0 fully saturated rings. The summed E-state index contributed by atoms with van der Waals surface area (Å²) in [7, 11) is 0. The van der Waals surface area contributed by atoms with Gasteiger partial charge in [0.15, 0.2) is 0 Å². The summed E-state index contributed by atoms with van der Waals surface area (Å²) in [6.07, 6.45) is 0. The minimum atomic E-state index is -0.444. The van der Waals surface area contributed by atoms with Crippen molar-refractivity contribution >= 4 is 11.5 Å². The Morgan fingerprint density at radius 3 is 2.62 bits per heavy atom. The average molecular weight is 224 g/mol. The van der Waals surface area contributed by atoms with Crippen LogP contribution in [0.15, 0.2) is 12.1 Å². The summed E-state index contributed by atoms with van der Waals surface area (Å²) in [4.78, 5) is 14.3. The largest absolute Gasteiger partial charge is 0.364 e. The molecule has 1 rings (SSSR count). The molecule has 0 atom stereocenters. The summed E-state index contributed by atoms with van der Waals surface area (Å²) < 4.78 is 0. The van der Waals surface area contributed by atoms with Gasteiger partial charge in [0.05, 0.1) is 4.92 Å². The molecule has 0 aliphatic carbocycles. The number of aryl methyl sites for hydroxylation is 1. The van der Waals surface area contributed by atoms with E-state index in [0.717, 1.165) is 0 Å². The van der Waals surface area contributed by atoms with Crippen LogP contribution in [0.25, 0.3) is 0 Å². The zero-order valence-electron chi connectivity index (χ0n) is 9.65. The molecule has 6 nitrogen and oxygen atoms in total. The van der Waals surface area contributed by atoms with Gasteiger partial charge in [0.1, 0.15) is 11.5 Å². The second-order valence-corrected chi connectivity index (χ2v) is 4.27.